The summed E-state index contributed by atoms with van der Waals surface area (Å²) in [6.07, 6.45) is 7.98. The number of hydrogen-bond donors (Lipinski definition) is 1. The number of halogens is 1. The van der Waals surface area contributed by atoms with Crippen LogP contribution in [0.25, 0.3) is 0 Å². The largest absolute Gasteiger partial charge is 0.356 e. The minimum atomic E-state index is 0. The van der Waals surface area contributed by atoms with Crippen molar-refractivity contribution < 1.29 is 0 Å². The summed E-state index contributed by atoms with van der Waals surface area (Å²) in [7, 11) is 1.91. The van der Waals surface area contributed by atoms with Crippen LogP contribution in [0.3, 0.4) is 0 Å². The van der Waals surface area contributed by atoms with Crippen molar-refractivity contribution in [2.75, 3.05) is 39.8 Å². The van der Waals surface area contributed by atoms with E-state index < -0.39 is 0 Å². The second kappa shape index (κ2) is 10.1. The smallest absolute Gasteiger partial charge is 0.193 e. The second-order valence-electron chi connectivity index (χ2n) is 7.90. The summed E-state index contributed by atoms with van der Waals surface area (Å²) < 4.78 is 0. The van der Waals surface area contributed by atoms with Crippen LogP contribution in [0.5, 0.6) is 0 Å². The van der Waals surface area contributed by atoms with Crippen LogP contribution in [0.1, 0.15) is 59.3 Å². The number of unbranched alkanes of at least 4 members (excludes halogenated alkanes) is 1. The monoisotopic (exact) mass is 436 g/mol. The third-order valence-corrected chi connectivity index (χ3v) is 5.28. The van der Waals surface area contributed by atoms with E-state index in [1.54, 1.807) is 0 Å². The van der Waals surface area contributed by atoms with Crippen molar-refractivity contribution in [2.45, 2.75) is 65.3 Å². The van der Waals surface area contributed by atoms with E-state index in [1.807, 2.05) is 7.05 Å². The second-order valence-corrected chi connectivity index (χ2v) is 7.90. The number of aliphatic imine (C=N–C) groups is 1. The Labute approximate surface area is 160 Å². The number of rotatable bonds is 5. The van der Waals surface area contributed by atoms with E-state index in [2.05, 4.69) is 40.9 Å². The molecule has 0 spiro atoms. The van der Waals surface area contributed by atoms with Gasteiger partial charge < -0.3 is 15.1 Å². The van der Waals surface area contributed by atoms with Gasteiger partial charge in [-0.2, -0.15) is 0 Å². The lowest BCUT2D eigenvalue weighted by molar-refractivity contribution is 0.158. The molecular formula is C18H37IN4. The fourth-order valence-corrected chi connectivity index (χ4v) is 3.76. The maximum atomic E-state index is 4.46. The molecule has 2 fully saturated rings. The molecule has 2 rings (SSSR count). The number of guanidine groups is 1. The van der Waals surface area contributed by atoms with Crippen molar-refractivity contribution >= 4 is 29.9 Å². The maximum absolute atomic E-state index is 4.46. The maximum Gasteiger partial charge on any atom is 0.193 e. The highest BCUT2D eigenvalue weighted by Gasteiger charge is 2.30. The lowest BCUT2D eigenvalue weighted by atomic mass is 9.93. The molecule has 2 aliphatic rings. The molecule has 0 saturated carbocycles. The van der Waals surface area contributed by atoms with Gasteiger partial charge in [-0.05, 0) is 57.5 Å². The fourth-order valence-electron chi connectivity index (χ4n) is 3.76. The van der Waals surface area contributed by atoms with Gasteiger partial charge in [-0.25, -0.2) is 0 Å². The Balaban J connectivity index is 0.00000264. The number of nitrogens with zero attached hydrogens (tertiary/aromatic N) is 3. The minimum absolute atomic E-state index is 0. The molecule has 0 radical (unpaired) electrons. The molecule has 0 aromatic heterocycles. The Morgan fingerprint density at radius 1 is 1.22 bits per heavy atom. The molecule has 2 aliphatic heterocycles. The quantitative estimate of drug-likeness (QED) is 0.310. The lowest BCUT2D eigenvalue weighted by Crippen LogP contribution is -2.41. The predicted molar refractivity (Wildman–Crippen MR) is 111 cm³/mol. The molecule has 1 N–H and O–H groups in total. The average Bonchev–Trinajstić information content (AvgIpc) is 2.84. The predicted octanol–water partition coefficient (Wildman–Crippen LogP) is 3.57. The van der Waals surface area contributed by atoms with E-state index >= 15 is 0 Å². The summed E-state index contributed by atoms with van der Waals surface area (Å²) in [6, 6.07) is 0.793. The molecule has 2 saturated heterocycles. The first-order valence-electron chi connectivity index (χ1n) is 9.21. The molecule has 0 amide bonds. The third kappa shape index (κ3) is 6.77. The Bertz CT molecular complexity index is 370. The molecule has 136 valence electrons. The molecule has 0 bridgehead atoms. The van der Waals surface area contributed by atoms with E-state index in [4.69, 9.17) is 0 Å². The van der Waals surface area contributed by atoms with Crippen molar-refractivity contribution in [3.8, 4) is 0 Å². The van der Waals surface area contributed by atoms with E-state index in [-0.39, 0.29) is 24.0 Å². The fraction of sp³-hybridized carbons (Fsp3) is 0.944. The van der Waals surface area contributed by atoms with Gasteiger partial charge in [0.1, 0.15) is 0 Å². The molecule has 1 atom stereocenters. The molecule has 1 unspecified atom stereocenters. The van der Waals surface area contributed by atoms with E-state index in [0.717, 1.165) is 31.6 Å². The van der Waals surface area contributed by atoms with Gasteiger partial charge in [0.25, 0.3) is 0 Å². The summed E-state index contributed by atoms with van der Waals surface area (Å²) in [5.41, 5.74) is 0.433. The molecule has 5 heteroatoms. The molecule has 23 heavy (non-hydrogen) atoms. The normalized spacial score (nSPS) is 25.3. The standard InChI is InChI=1S/C18H36N4.HI/c1-16-9-5-7-12-21(16)13-8-6-11-20-17(19-4)22-14-10-18(2,3)15-22;/h16H,5-15H2,1-4H3,(H,19,20);1H. The van der Waals surface area contributed by atoms with Gasteiger partial charge >= 0.3 is 0 Å². The van der Waals surface area contributed by atoms with Crippen LogP contribution in [0.15, 0.2) is 4.99 Å². The van der Waals surface area contributed by atoms with Crippen molar-refractivity contribution in [3.05, 3.63) is 0 Å². The van der Waals surface area contributed by atoms with Crippen LogP contribution in [-0.2, 0) is 0 Å². The van der Waals surface area contributed by atoms with Crippen molar-refractivity contribution in [3.63, 3.8) is 0 Å². The van der Waals surface area contributed by atoms with Crippen LogP contribution < -0.4 is 5.32 Å². The SMILES string of the molecule is CN=C(NCCCCN1CCCCC1C)N1CCC(C)(C)C1.I. The van der Waals surface area contributed by atoms with Crippen LogP contribution >= 0.6 is 24.0 Å². The summed E-state index contributed by atoms with van der Waals surface area (Å²) in [4.78, 5) is 9.53. The number of likely N-dealkylation sites (tertiary alicyclic amines) is 2. The Morgan fingerprint density at radius 3 is 2.61 bits per heavy atom. The van der Waals surface area contributed by atoms with Gasteiger partial charge in [0, 0.05) is 32.7 Å². The highest BCUT2D eigenvalue weighted by Crippen LogP contribution is 2.28. The molecule has 0 aromatic rings. The number of piperidine rings is 1. The zero-order valence-electron chi connectivity index (χ0n) is 15.6. The van der Waals surface area contributed by atoms with Crippen LogP contribution in [0, 0.1) is 5.41 Å². The zero-order chi connectivity index (χ0) is 16.0. The number of hydrogen-bond acceptors (Lipinski definition) is 2. The summed E-state index contributed by atoms with van der Waals surface area (Å²) >= 11 is 0. The van der Waals surface area contributed by atoms with Crippen molar-refractivity contribution in [1.29, 1.82) is 0 Å². The Kier molecular flexibility index (Phi) is 9.19. The third-order valence-electron chi connectivity index (χ3n) is 5.28. The van der Waals surface area contributed by atoms with Crippen LogP contribution in [0.2, 0.25) is 0 Å². The highest BCUT2D eigenvalue weighted by molar-refractivity contribution is 14.0. The number of nitrogens with one attached hydrogen (secondary N) is 1. The molecule has 2 heterocycles. The van der Waals surface area contributed by atoms with E-state index in [9.17, 15) is 0 Å². The van der Waals surface area contributed by atoms with E-state index in [1.165, 1.54) is 51.6 Å². The zero-order valence-corrected chi connectivity index (χ0v) is 17.9. The van der Waals surface area contributed by atoms with Gasteiger partial charge in [0.05, 0.1) is 0 Å². The summed E-state index contributed by atoms with van der Waals surface area (Å²) in [6.45, 7) is 13.0. The van der Waals surface area contributed by atoms with Crippen LogP contribution in [-0.4, -0.2) is 61.6 Å². The Hall–Kier alpha value is -0.0400. The molecule has 4 nitrogen and oxygen atoms in total. The van der Waals surface area contributed by atoms with Gasteiger partial charge in [-0.1, -0.05) is 20.3 Å². The van der Waals surface area contributed by atoms with Crippen molar-refractivity contribution in [1.82, 2.24) is 15.1 Å². The van der Waals surface area contributed by atoms with Gasteiger partial charge in [-0.3, -0.25) is 4.99 Å². The van der Waals surface area contributed by atoms with Gasteiger partial charge in [0.15, 0.2) is 5.96 Å². The summed E-state index contributed by atoms with van der Waals surface area (Å²) in [5, 5.41) is 3.56. The van der Waals surface area contributed by atoms with Crippen LogP contribution in [0.4, 0.5) is 0 Å². The first-order chi connectivity index (χ1) is 10.5. The molecule has 0 aromatic carbocycles. The summed E-state index contributed by atoms with van der Waals surface area (Å²) in [5.74, 6) is 1.09. The van der Waals surface area contributed by atoms with Crippen molar-refractivity contribution in [2.24, 2.45) is 10.4 Å². The Morgan fingerprint density at radius 2 is 2.00 bits per heavy atom. The topological polar surface area (TPSA) is 30.9 Å². The van der Waals surface area contributed by atoms with Gasteiger partial charge in [0.2, 0.25) is 0 Å². The average molecular weight is 436 g/mol. The first-order valence-corrected chi connectivity index (χ1v) is 9.21. The highest BCUT2D eigenvalue weighted by atomic mass is 127. The first kappa shape index (κ1) is 21.0. The lowest BCUT2D eigenvalue weighted by Gasteiger charge is -2.33. The van der Waals surface area contributed by atoms with Gasteiger partial charge in [-0.15, -0.1) is 24.0 Å². The minimum Gasteiger partial charge on any atom is -0.356 e. The molecular weight excluding hydrogens is 399 g/mol. The molecule has 0 aliphatic carbocycles. The van der Waals surface area contributed by atoms with E-state index in [0.29, 0.717) is 5.41 Å².